The van der Waals surface area contributed by atoms with Gasteiger partial charge in [-0.1, -0.05) is 11.6 Å². The van der Waals surface area contributed by atoms with Gasteiger partial charge in [0.1, 0.15) is 17.3 Å². The van der Waals surface area contributed by atoms with E-state index in [1.165, 1.54) is 6.33 Å². The molecule has 0 aromatic carbocycles. The van der Waals surface area contributed by atoms with Crippen molar-refractivity contribution >= 4 is 23.2 Å². The molecule has 1 atom stereocenters. The standard InChI is InChI=1S/C10H14ClN5O2/c1-6-8(11)15-10-12-5-13-16(10)9(6)14-7(3-17)4-18-2/h5,7,14,17H,3-4H2,1-2H3. The Bertz CT molecular complexity index is 544. The van der Waals surface area contributed by atoms with Gasteiger partial charge >= 0.3 is 0 Å². The van der Waals surface area contributed by atoms with Crippen molar-refractivity contribution in [2.45, 2.75) is 13.0 Å². The fourth-order valence-electron chi connectivity index (χ4n) is 1.60. The molecule has 0 spiro atoms. The Morgan fingerprint density at radius 3 is 3.06 bits per heavy atom. The van der Waals surface area contributed by atoms with Gasteiger partial charge in [-0.2, -0.15) is 19.6 Å². The number of aromatic nitrogens is 4. The molecule has 8 heteroatoms. The third-order valence-electron chi connectivity index (χ3n) is 2.53. The summed E-state index contributed by atoms with van der Waals surface area (Å²) in [6.45, 7) is 2.12. The van der Waals surface area contributed by atoms with Gasteiger partial charge in [0, 0.05) is 12.7 Å². The average Bonchev–Trinajstić information content (AvgIpc) is 2.81. The molecule has 18 heavy (non-hydrogen) atoms. The number of fused-ring (bicyclic) bond motifs is 1. The molecule has 1 unspecified atom stereocenters. The van der Waals surface area contributed by atoms with Gasteiger partial charge < -0.3 is 15.2 Å². The highest BCUT2D eigenvalue weighted by molar-refractivity contribution is 6.30. The molecule has 98 valence electrons. The Hall–Kier alpha value is -1.44. The molecule has 2 aromatic rings. The van der Waals surface area contributed by atoms with Gasteiger partial charge in [0.2, 0.25) is 0 Å². The smallest absolute Gasteiger partial charge is 0.255 e. The topological polar surface area (TPSA) is 84.6 Å². The Balaban J connectivity index is 2.41. The molecule has 7 nitrogen and oxygen atoms in total. The molecular formula is C10H14ClN5O2. The van der Waals surface area contributed by atoms with E-state index >= 15 is 0 Å². The van der Waals surface area contributed by atoms with E-state index in [2.05, 4.69) is 20.4 Å². The number of halogens is 1. The van der Waals surface area contributed by atoms with Gasteiger partial charge in [-0.05, 0) is 6.92 Å². The van der Waals surface area contributed by atoms with E-state index in [0.29, 0.717) is 23.4 Å². The molecular weight excluding hydrogens is 258 g/mol. The van der Waals surface area contributed by atoms with E-state index in [-0.39, 0.29) is 12.6 Å². The van der Waals surface area contributed by atoms with Crippen LogP contribution in [0.2, 0.25) is 5.15 Å². The van der Waals surface area contributed by atoms with Gasteiger partial charge in [0.15, 0.2) is 0 Å². The number of aliphatic hydroxyl groups is 1. The number of ether oxygens (including phenoxy) is 1. The van der Waals surface area contributed by atoms with Gasteiger partial charge in [-0.25, -0.2) is 0 Å². The zero-order valence-corrected chi connectivity index (χ0v) is 10.8. The Morgan fingerprint density at radius 1 is 1.61 bits per heavy atom. The number of hydrogen-bond acceptors (Lipinski definition) is 6. The van der Waals surface area contributed by atoms with Crippen molar-refractivity contribution in [1.82, 2.24) is 19.6 Å². The number of nitrogens with one attached hydrogen (secondary N) is 1. The number of aliphatic hydroxyl groups excluding tert-OH is 1. The number of rotatable bonds is 5. The minimum atomic E-state index is -0.250. The van der Waals surface area contributed by atoms with Crippen molar-refractivity contribution in [2.75, 3.05) is 25.6 Å². The molecule has 0 aliphatic rings. The van der Waals surface area contributed by atoms with Crippen LogP contribution in [0.15, 0.2) is 6.33 Å². The van der Waals surface area contributed by atoms with Crippen LogP contribution >= 0.6 is 11.6 Å². The van der Waals surface area contributed by atoms with Crippen molar-refractivity contribution < 1.29 is 9.84 Å². The van der Waals surface area contributed by atoms with Crippen molar-refractivity contribution in [1.29, 1.82) is 0 Å². The van der Waals surface area contributed by atoms with Crippen LogP contribution < -0.4 is 5.32 Å². The molecule has 2 rings (SSSR count). The van der Waals surface area contributed by atoms with Crippen molar-refractivity contribution in [2.24, 2.45) is 0 Å². The Morgan fingerprint density at radius 2 is 2.39 bits per heavy atom. The zero-order chi connectivity index (χ0) is 13.1. The van der Waals surface area contributed by atoms with Gasteiger partial charge in [0.05, 0.1) is 19.3 Å². The molecule has 2 heterocycles. The van der Waals surface area contributed by atoms with Crippen LogP contribution in [0.5, 0.6) is 0 Å². The van der Waals surface area contributed by atoms with Gasteiger partial charge in [-0.3, -0.25) is 0 Å². The average molecular weight is 272 g/mol. The monoisotopic (exact) mass is 271 g/mol. The predicted octanol–water partition coefficient (Wildman–Crippen LogP) is 0.505. The summed E-state index contributed by atoms with van der Waals surface area (Å²) in [6, 6.07) is -0.250. The molecule has 0 amide bonds. The van der Waals surface area contributed by atoms with Crippen LogP contribution in [-0.4, -0.2) is 51.1 Å². The summed E-state index contributed by atoms with van der Waals surface area (Å²) in [7, 11) is 1.57. The molecule has 0 radical (unpaired) electrons. The largest absolute Gasteiger partial charge is 0.394 e. The second kappa shape index (κ2) is 5.47. The lowest BCUT2D eigenvalue weighted by atomic mass is 10.3. The van der Waals surface area contributed by atoms with Crippen LogP contribution in [0, 0.1) is 6.92 Å². The van der Waals surface area contributed by atoms with E-state index in [9.17, 15) is 5.11 Å². The SMILES string of the molecule is COCC(CO)Nc1c(C)c(Cl)nc2ncnn12. The van der Waals surface area contributed by atoms with E-state index in [1.807, 2.05) is 6.92 Å². The normalized spacial score (nSPS) is 12.9. The first-order valence-electron chi connectivity index (χ1n) is 5.39. The molecule has 0 saturated carbocycles. The van der Waals surface area contributed by atoms with E-state index in [1.54, 1.807) is 11.6 Å². The minimum absolute atomic E-state index is 0.0661. The van der Waals surface area contributed by atoms with Crippen LogP contribution in [0.25, 0.3) is 5.78 Å². The summed E-state index contributed by atoms with van der Waals surface area (Å²) in [5.74, 6) is 1.06. The zero-order valence-electron chi connectivity index (χ0n) is 10.1. The molecule has 0 saturated heterocycles. The third kappa shape index (κ3) is 2.38. The van der Waals surface area contributed by atoms with Crippen LogP contribution in [0.3, 0.4) is 0 Å². The van der Waals surface area contributed by atoms with Crippen LogP contribution in [-0.2, 0) is 4.74 Å². The van der Waals surface area contributed by atoms with E-state index in [0.717, 1.165) is 5.56 Å². The summed E-state index contributed by atoms with van der Waals surface area (Å²) in [4.78, 5) is 8.08. The lowest BCUT2D eigenvalue weighted by molar-refractivity contribution is 0.153. The Kier molecular flexibility index (Phi) is 3.95. The highest BCUT2D eigenvalue weighted by Gasteiger charge is 2.15. The number of methoxy groups -OCH3 is 1. The van der Waals surface area contributed by atoms with E-state index < -0.39 is 0 Å². The molecule has 0 aliphatic heterocycles. The maximum atomic E-state index is 9.26. The van der Waals surface area contributed by atoms with Gasteiger partial charge in [-0.15, -0.1) is 0 Å². The summed E-state index contributed by atoms with van der Waals surface area (Å²) in [5, 5.41) is 16.8. The maximum absolute atomic E-state index is 9.26. The first-order valence-corrected chi connectivity index (χ1v) is 5.77. The highest BCUT2D eigenvalue weighted by atomic mass is 35.5. The fourth-order valence-corrected chi connectivity index (χ4v) is 1.77. The highest BCUT2D eigenvalue weighted by Crippen LogP contribution is 2.22. The van der Waals surface area contributed by atoms with Crippen LogP contribution in [0.1, 0.15) is 5.56 Å². The lowest BCUT2D eigenvalue weighted by Gasteiger charge is -2.18. The Labute approximate surface area is 109 Å². The predicted molar refractivity (Wildman–Crippen MR) is 66.9 cm³/mol. The molecule has 2 aromatic heterocycles. The number of nitrogens with zero attached hydrogens (tertiary/aromatic N) is 4. The summed E-state index contributed by atoms with van der Waals surface area (Å²) in [6.07, 6.45) is 1.40. The first kappa shape index (κ1) is 13.0. The second-order valence-electron chi connectivity index (χ2n) is 3.83. The molecule has 0 fully saturated rings. The fraction of sp³-hybridized carbons (Fsp3) is 0.500. The van der Waals surface area contributed by atoms with Gasteiger partial charge in [0.25, 0.3) is 5.78 Å². The lowest BCUT2D eigenvalue weighted by Crippen LogP contribution is -2.30. The van der Waals surface area contributed by atoms with E-state index in [4.69, 9.17) is 16.3 Å². The summed E-state index contributed by atoms with van der Waals surface area (Å²) >= 11 is 6.03. The summed E-state index contributed by atoms with van der Waals surface area (Å²) < 4.78 is 6.56. The van der Waals surface area contributed by atoms with Crippen molar-refractivity contribution in [3.63, 3.8) is 0 Å². The molecule has 2 N–H and O–H groups in total. The first-order chi connectivity index (χ1) is 8.67. The van der Waals surface area contributed by atoms with Crippen LogP contribution in [0.4, 0.5) is 5.82 Å². The van der Waals surface area contributed by atoms with Crippen molar-refractivity contribution in [3.8, 4) is 0 Å². The summed E-state index contributed by atoms with van der Waals surface area (Å²) in [5.41, 5.74) is 0.740. The second-order valence-corrected chi connectivity index (χ2v) is 4.19. The third-order valence-corrected chi connectivity index (χ3v) is 2.90. The van der Waals surface area contributed by atoms with Crippen molar-refractivity contribution in [3.05, 3.63) is 17.0 Å². The molecule has 0 aliphatic carbocycles. The molecule has 0 bridgehead atoms. The quantitative estimate of drug-likeness (QED) is 0.771. The minimum Gasteiger partial charge on any atom is -0.394 e. The number of hydrogen-bond donors (Lipinski definition) is 2. The maximum Gasteiger partial charge on any atom is 0.255 e. The number of anilines is 1.